The Labute approximate surface area is 117 Å². The number of aromatic nitrogens is 1. The smallest absolute Gasteiger partial charge is 0.334 e. The monoisotopic (exact) mass is 290 g/mol. The number of pyridine rings is 1. The van der Waals surface area contributed by atoms with Crippen LogP contribution in [-0.2, 0) is 6.54 Å². The lowest BCUT2D eigenvalue weighted by Gasteiger charge is -2.06. The third-order valence-electron chi connectivity index (χ3n) is 2.79. The molecule has 2 N–H and O–H groups in total. The van der Waals surface area contributed by atoms with Gasteiger partial charge in [0.15, 0.2) is 5.78 Å². The van der Waals surface area contributed by atoms with Gasteiger partial charge in [-0.1, -0.05) is 0 Å². The van der Waals surface area contributed by atoms with Gasteiger partial charge in [-0.2, -0.15) is 0 Å². The van der Waals surface area contributed by atoms with Crippen molar-refractivity contribution >= 4 is 11.5 Å². The molecule has 0 saturated heterocycles. The van der Waals surface area contributed by atoms with Gasteiger partial charge in [0.25, 0.3) is 0 Å². The van der Waals surface area contributed by atoms with Gasteiger partial charge in [-0.15, -0.1) is 0 Å². The lowest BCUT2D eigenvalue weighted by molar-refractivity contribution is -0.386. The molecule has 2 rings (SSSR count). The fourth-order valence-electron chi connectivity index (χ4n) is 1.78. The average Bonchev–Trinajstić information content (AvgIpc) is 2.40. The van der Waals surface area contributed by atoms with Crippen molar-refractivity contribution in [3.8, 4) is 11.5 Å². The predicted molar refractivity (Wildman–Crippen MR) is 71.5 cm³/mol. The van der Waals surface area contributed by atoms with Crippen molar-refractivity contribution in [2.45, 2.75) is 6.54 Å². The second-order valence-corrected chi connectivity index (χ2v) is 4.21. The van der Waals surface area contributed by atoms with Gasteiger partial charge in [-0.05, 0) is 18.2 Å². The molecule has 0 atom stereocenters. The highest BCUT2D eigenvalue weighted by Gasteiger charge is 2.17. The first-order chi connectivity index (χ1) is 9.90. The van der Waals surface area contributed by atoms with Crippen LogP contribution in [0.3, 0.4) is 0 Å². The van der Waals surface area contributed by atoms with Gasteiger partial charge in [-0.25, -0.2) is 0 Å². The third kappa shape index (κ3) is 2.89. The lowest BCUT2D eigenvalue weighted by Crippen LogP contribution is -2.25. The Morgan fingerprint density at radius 3 is 2.62 bits per heavy atom. The summed E-state index contributed by atoms with van der Waals surface area (Å²) < 4.78 is 0.882. The van der Waals surface area contributed by atoms with Crippen LogP contribution in [0.1, 0.15) is 10.4 Å². The van der Waals surface area contributed by atoms with Crippen molar-refractivity contribution in [1.29, 1.82) is 0 Å². The number of hydrogen-bond acceptors (Lipinski definition) is 6. The van der Waals surface area contributed by atoms with Crippen LogP contribution in [-0.4, -0.2) is 25.5 Å². The van der Waals surface area contributed by atoms with Crippen LogP contribution >= 0.6 is 0 Å². The first-order valence-electron chi connectivity index (χ1n) is 5.79. The standard InChI is InChI=1S/C13H10N2O6/c16-8-3-4-9(11(17)6-8)12(18)7-14-5-1-2-10(13(14)19)15(20)21/h1-6,16-17H,7H2. The summed E-state index contributed by atoms with van der Waals surface area (Å²) in [6, 6.07) is 5.73. The maximum absolute atomic E-state index is 12.0. The lowest BCUT2D eigenvalue weighted by atomic mass is 10.1. The van der Waals surface area contributed by atoms with Crippen molar-refractivity contribution in [1.82, 2.24) is 4.57 Å². The Kier molecular flexibility index (Phi) is 3.70. The highest BCUT2D eigenvalue weighted by atomic mass is 16.6. The number of Topliss-reactive ketones (excluding diaryl/α,β-unsaturated/α-hetero) is 1. The number of hydrogen-bond donors (Lipinski definition) is 2. The van der Waals surface area contributed by atoms with Crippen molar-refractivity contribution in [2.24, 2.45) is 0 Å². The molecule has 0 fully saturated rings. The normalized spacial score (nSPS) is 10.3. The Balaban J connectivity index is 2.34. The maximum atomic E-state index is 12.0. The van der Waals surface area contributed by atoms with Gasteiger partial charge >= 0.3 is 11.2 Å². The number of phenols is 2. The molecule has 0 unspecified atom stereocenters. The largest absolute Gasteiger partial charge is 0.508 e. The zero-order valence-corrected chi connectivity index (χ0v) is 10.6. The first-order valence-corrected chi connectivity index (χ1v) is 5.79. The van der Waals surface area contributed by atoms with E-state index in [2.05, 4.69) is 0 Å². The summed E-state index contributed by atoms with van der Waals surface area (Å²) in [5, 5.41) is 29.4. The van der Waals surface area contributed by atoms with Gasteiger partial charge in [0, 0.05) is 18.3 Å². The van der Waals surface area contributed by atoms with E-state index in [4.69, 9.17) is 5.11 Å². The van der Waals surface area contributed by atoms with Crippen LogP contribution in [0.25, 0.3) is 0 Å². The van der Waals surface area contributed by atoms with E-state index in [1.54, 1.807) is 0 Å². The molecule has 8 nitrogen and oxygen atoms in total. The molecule has 0 saturated carbocycles. The average molecular weight is 290 g/mol. The number of benzene rings is 1. The summed E-state index contributed by atoms with van der Waals surface area (Å²) in [4.78, 5) is 33.6. The molecule has 0 aliphatic carbocycles. The van der Waals surface area contributed by atoms with Gasteiger partial charge in [0.1, 0.15) is 11.5 Å². The van der Waals surface area contributed by atoms with Gasteiger partial charge in [0.2, 0.25) is 0 Å². The Morgan fingerprint density at radius 2 is 2.00 bits per heavy atom. The molecular weight excluding hydrogens is 280 g/mol. The molecule has 108 valence electrons. The van der Waals surface area contributed by atoms with Crippen molar-refractivity contribution in [2.75, 3.05) is 0 Å². The summed E-state index contributed by atoms with van der Waals surface area (Å²) in [5.74, 6) is -1.26. The van der Waals surface area contributed by atoms with Crippen LogP contribution in [0.2, 0.25) is 0 Å². The van der Waals surface area contributed by atoms with E-state index in [1.807, 2.05) is 0 Å². The van der Waals surface area contributed by atoms with E-state index >= 15 is 0 Å². The summed E-state index contributed by atoms with van der Waals surface area (Å²) in [6.07, 6.45) is 1.24. The van der Waals surface area contributed by atoms with Crippen molar-refractivity contribution in [3.05, 3.63) is 62.6 Å². The number of ketones is 1. The highest BCUT2D eigenvalue weighted by Crippen LogP contribution is 2.23. The van der Waals surface area contributed by atoms with Crippen molar-refractivity contribution < 1.29 is 19.9 Å². The van der Waals surface area contributed by atoms with E-state index in [0.717, 1.165) is 16.7 Å². The predicted octanol–water partition coefficient (Wildman–Crippen LogP) is 1.05. The molecule has 0 bridgehead atoms. The fraction of sp³-hybridized carbons (Fsp3) is 0.0769. The number of carbonyl (C=O) groups excluding carboxylic acids is 1. The Hall–Kier alpha value is -3.16. The molecule has 0 radical (unpaired) electrons. The highest BCUT2D eigenvalue weighted by molar-refractivity contribution is 5.98. The van der Waals surface area contributed by atoms with E-state index < -0.39 is 34.2 Å². The zero-order chi connectivity index (χ0) is 15.6. The molecule has 0 spiro atoms. The Morgan fingerprint density at radius 1 is 1.29 bits per heavy atom. The summed E-state index contributed by atoms with van der Waals surface area (Å²) in [5.41, 5.74) is -1.64. The molecule has 0 aliphatic rings. The molecule has 1 heterocycles. The molecule has 0 aliphatic heterocycles. The number of carbonyl (C=O) groups is 1. The molecule has 8 heteroatoms. The van der Waals surface area contributed by atoms with E-state index in [9.17, 15) is 24.8 Å². The second kappa shape index (κ2) is 5.45. The summed E-state index contributed by atoms with van der Waals surface area (Å²) in [6.45, 7) is -0.459. The Bertz CT molecular complexity index is 780. The van der Waals surface area contributed by atoms with E-state index in [-0.39, 0.29) is 11.3 Å². The van der Waals surface area contributed by atoms with E-state index in [1.165, 1.54) is 24.4 Å². The van der Waals surface area contributed by atoms with Gasteiger partial charge < -0.3 is 14.8 Å². The topological polar surface area (TPSA) is 123 Å². The summed E-state index contributed by atoms with van der Waals surface area (Å²) >= 11 is 0. The number of phenolic OH excluding ortho intramolecular Hbond substituents is 2. The van der Waals surface area contributed by atoms with Crippen LogP contribution < -0.4 is 5.56 Å². The van der Waals surface area contributed by atoms with Crippen LogP contribution in [0.4, 0.5) is 5.69 Å². The molecule has 0 amide bonds. The number of nitro groups is 1. The van der Waals surface area contributed by atoms with Crippen LogP contribution in [0.15, 0.2) is 41.3 Å². The van der Waals surface area contributed by atoms with Crippen molar-refractivity contribution in [3.63, 3.8) is 0 Å². The molecule has 2 aromatic rings. The molecular formula is C13H10N2O6. The molecule has 21 heavy (non-hydrogen) atoms. The second-order valence-electron chi connectivity index (χ2n) is 4.21. The molecule has 1 aromatic heterocycles. The van der Waals surface area contributed by atoms with Gasteiger partial charge in [0.05, 0.1) is 17.0 Å². The SMILES string of the molecule is O=C(Cn1cccc([N+](=O)[O-])c1=O)c1ccc(O)cc1O. The maximum Gasteiger partial charge on any atom is 0.334 e. The number of rotatable bonds is 4. The summed E-state index contributed by atoms with van der Waals surface area (Å²) in [7, 11) is 0. The van der Waals surface area contributed by atoms with Gasteiger partial charge in [-0.3, -0.25) is 19.7 Å². The number of nitrogens with zero attached hydrogens (tertiary/aromatic N) is 2. The minimum atomic E-state index is -0.908. The molecule has 1 aromatic carbocycles. The zero-order valence-electron chi connectivity index (χ0n) is 10.6. The third-order valence-corrected chi connectivity index (χ3v) is 2.79. The minimum absolute atomic E-state index is 0.0915. The number of aromatic hydroxyl groups is 2. The fourth-order valence-corrected chi connectivity index (χ4v) is 1.78. The quantitative estimate of drug-likeness (QED) is 0.493. The van der Waals surface area contributed by atoms with Crippen LogP contribution in [0.5, 0.6) is 11.5 Å². The minimum Gasteiger partial charge on any atom is -0.508 e. The van der Waals surface area contributed by atoms with E-state index in [0.29, 0.717) is 0 Å². The van der Waals surface area contributed by atoms with Crippen LogP contribution in [0, 0.1) is 10.1 Å². The first kappa shape index (κ1) is 14.3.